The minimum atomic E-state index is -0.226. The Morgan fingerprint density at radius 1 is 1.11 bits per heavy atom. The molecule has 2 atom stereocenters. The molecule has 0 saturated carbocycles. The first-order chi connectivity index (χ1) is 17.0. The summed E-state index contributed by atoms with van der Waals surface area (Å²) in [7, 11) is 0. The summed E-state index contributed by atoms with van der Waals surface area (Å²) in [6.07, 6.45) is 4.83. The number of hydrogen-bond acceptors (Lipinski definition) is 6. The van der Waals surface area contributed by atoms with E-state index in [1.807, 2.05) is 6.07 Å². The van der Waals surface area contributed by atoms with Crippen molar-refractivity contribution >= 4 is 45.7 Å². The molecule has 9 heteroatoms. The van der Waals surface area contributed by atoms with Crippen LogP contribution in [0.1, 0.15) is 28.8 Å². The van der Waals surface area contributed by atoms with Crippen molar-refractivity contribution in [1.29, 1.82) is 0 Å². The Kier molecular flexibility index (Phi) is 6.92. The van der Waals surface area contributed by atoms with Crippen molar-refractivity contribution in [1.82, 2.24) is 9.97 Å². The van der Waals surface area contributed by atoms with Gasteiger partial charge in [0.1, 0.15) is 17.1 Å². The summed E-state index contributed by atoms with van der Waals surface area (Å²) < 4.78 is 11.5. The number of carbonyl (C=O) groups is 1. The number of anilines is 1. The SMILES string of the molecule is O=C(c1ccc(Oc2ccc(Cl)cc2)cc1Cl)c1c[nH]c2nccc(N[C@@H]3CC[C@@H](CO)OC3)c12. The first-order valence-electron chi connectivity index (χ1n) is 11.2. The van der Waals surface area contributed by atoms with Gasteiger partial charge in [0.25, 0.3) is 0 Å². The molecule has 1 aliphatic rings. The Labute approximate surface area is 212 Å². The second kappa shape index (κ2) is 10.3. The van der Waals surface area contributed by atoms with Crippen LogP contribution in [-0.4, -0.2) is 46.2 Å². The molecule has 35 heavy (non-hydrogen) atoms. The van der Waals surface area contributed by atoms with Crippen LogP contribution in [0.2, 0.25) is 10.0 Å². The van der Waals surface area contributed by atoms with Crippen molar-refractivity contribution in [3.63, 3.8) is 0 Å². The highest BCUT2D eigenvalue weighted by atomic mass is 35.5. The molecule has 2 aromatic carbocycles. The smallest absolute Gasteiger partial charge is 0.196 e. The van der Waals surface area contributed by atoms with Gasteiger partial charge in [-0.05, 0) is 55.3 Å². The second-order valence-electron chi connectivity index (χ2n) is 8.37. The van der Waals surface area contributed by atoms with Crippen molar-refractivity contribution in [2.75, 3.05) is 18.5 Å². The molecule has 2 aromatic heterocycles. The van der Waals surface area contributed by atoms with Gasteiger partial charge in [0.15, 0.2) is 5.78 Å². The summed E-state index contributed by atoms with van der Waals surface area (Å²) in [6.45, 7) is 0.497. The standard InChI is InChI=1S/C26H23Cl2N3O4/c27-15-1-4-17(5-2-15)35-18-7-8-20(22(28)11-18)25(33)21-12-30-26-24(21)23(9-10-29-26)31-16-3-6-19(13-32)34-14-16/h1-2,4-5,7-12,16,19,32H,3,6,13-14H2,(H2,29,30,31)/t16-,19+/m1/s1. The summed E-state index contributed by atoms with van der Waals surface area (Å²) in [5, 5.41) is 14.4. The number of halogens is 2. The van der Waals surface area contributed by atoms with Crippen molar-refractivity contribution in [2.24, 2.45) is 0 Å². The lowest BCUT2D eigenvalue weighted by atomic mass is 10.0. The van der Waals surface area contributed by atoms with Crippen molar-refractivity contribution in [3.8, 4) is 11.5 Å². The summed E-state index contributed by atoms with van der Waals surface area (Å²) in [5.41, 5.74) is 2.21. The maximum Gasteiger partial charge on any atom is 0.196 e. The molecule has 0 amide bonds. The van der Waals surface area contributed by atoms with Crippen LogP contribution < -0.4 is 10.1 Å². The van der Waals surface area contributed by atoms with E-state index >= 15 is 0 Å². The lowest BCUT2D eigenvalue weighted by molar-refractivity contribution is -0.0223. The van der Waals surface area contributed by atoms with Crippen LogP contribution in [-0.2, 0) is 4.74 Å². The number of aromatic amines is 1. The zero-order valence-electron chi connectivity index (χ0n) is 18.6. The van der Waals surface area contributed by atoms with E-state index in [1.165, 1.54) is 0 Å². The number of ketones is 1. The first kappa shape index (κ1) is 23.6. The number of aliphatic hydroxyl groups excluding tert-OH is 1. The van der Waals surface area contributed by atoms with Crippen molar-refractivity contribution in [3.05, 3.63) is 82.1 Å². The third-order valence-electron chi connectivity index (χ3n) is 5.99. The van der Waals surface area contributed by atoms with Crippen molar-refractivity contribution < 1.29 is 19.4 Å². The summed E-state index contributed by atoms with van der Waals surface area (Å²) in [5.74, 6) is 0.894. The molecule has 7 nitrogen and oxygen atoms in total. The Hall–Kier alpha value is -3.10. The quantitative estimate of drug-likeness (QED) is 0.269. The maximum atomic E-state index is 13.5. The highest BCUT2D eigenvalue weighted by Crippen LogP contribution is 2.33. The van der Waals surface area contributed by atoms with Crippen LogP contribution in [0.4, 0.5) is 5.69 Å². The number of ether oxygens (including phenoxy) is 2. The van der Waals surface area contributed by atoms with E-state index in [0.29, 0.717) is 45.3 Å². The van der Waals surface area contributed by atoms with Gasteiger partial charge in [-0.2, -0.15) is 0 Å². The summed E-state index contributed by atoms with van der Waals surface area (Å²) in [6, 6.07) is 13.9. The van der Waals surface area contributed by atoms with Gasteiger partial charge in [0.05, 0.1) is 35.3 Å². The van der Waals surface area contributed by atoms with E-state index in [9.17, 15) is 9.90 Å². The van der Waals surface area contributed by atoms with Crippen LogP contribution in [0.3, 0.4) is 0 Å². The molecule has 3 N–H and O–H groups in total. The highest BCUT2D eigenvalue weighted by Gasteiger charge is 2.24. The average molecular weight is 512 g/mol. The number of pyridine rings is 1. The number of hydrogen-bond donors (Lipinski definition) is 3. The lowest BCUT2D eigenvalue weighted by Crippen LogP contribution is -2.36. The summed E-state index contributed by atoms with van der Waals surface area (Å²) in [4.78, 5) is 21.0. The molecule has 0 radical (unpaired) electrons. The predicted octanol–water partition coefficient (Wildman–Crippen LogP) is 5.84. The van der Waals surface area contributed by atoms with Crippen molar-refractivity contribution in [2.45, 2.75) is 25.0 Å². The second-order valence-corrected chi connectivity index (χ2v) is 9.21. The van der Waals surface area contributed by atoms with Gasteiger partial charge in [-0.1, -0.05) is 23.2 Å². The summed E-state index contributed by atoms with van der Waals surface area (Å²) >= 11 is 12.4. The zero-order chi connectivity index (χ0) is 24.4. The van der Waals surface area contributed by atoms with Crippen LogP contribution in [0.5, 0.6) is 11.5 Å². The molecule has 1 aliphatic heterocycles. The monoisotopic (exact) mass is 511 g/mol. The molecule has 3 heterocycles. The molecule has 5 rings (SSSR count). The Balaban J connectivity index is 1.39. The molecule has 180 valence electrons. The lowest BCUT2D eigenvalue weighted by Gasteiger charge is -2.29. The minimum absolute atomic E-state index is 0.0208. The number of benzene rings is 2. The van der Waals surface area contributed by atoms with Crippen LogP contribution in [0.25, 0.3) is 11.0 Å². The molecular weight excluding hydrogens is 489 g/mol. The van der Waals surface area contributed by atoms with Gasteiger partial charge in [0.2, 0.25) is 0 Å². The largest absolute Gasteiger partial charge is 0.457 e. The first-order valence-corrected chi connectivity index (χ1v) is 12.0. The fourth-order valence-corrected chi connectivity index (χ4v) is 4.55. The van der Waals surface area contributed by atoms with Gasteiger partial charge in [-0.25, -0.2) is 4.98 Å². The minimum Gasteiger partial charge on any atom is -0.457 e. The molecule has 0 aliphatic carbocycles. The van der Waals surface area contributed by atoms with Gasteiger partial charge < -0.3 is 24.9 Å². The molecule has 1 fully saturated rings. The normalized spacial score (nSPS) is 17.9. The highest BCUT2D eigenvalue weighted by molar-refractivity contribution is 6.36. The molecular formula is C26H23Cl2N3O4. The fraction of sp³-hybridized carbons (Fsp3) is 0.231. The zero-order valence-corrected chi connectivity index (χ0v) is 20.1. The number of aliphatic hydroxyl groups is 1. The molecule has 0 unspecified atom stereocenters. The number of nitrogens with one attached hydrogen (secondary N) is 2. The van der Waals surface area contributed by atoms with Crippen LogP contribution >= 0.6 is 23.2 Å². The number of H-pyrrole nitrogens is 1. The van der Waals surface area contributed by atoms with Crippen LogP contribution in [0.15, 0.2) is 60.9 Å². The predicted molar refractivity (Wildman–Crippen MR) is 136 cm³/mol. The number of rotatable bonds is 7. The van der Waals surface area contributed by atoms with Gasteiger partial charge in [-0.3, -0.25) is 4.79 Å². The maximum absolute atomic E-state index is 13.5. The van der Waals surface area contributed by atoms with Gasteiger partial charge in [-0.15, -0.1) is 0 Å². The van der Waals surface area contributed by atoms with E-state index < -0.39 is 0 Å². The molecule has 1 saturated heterocycles. The number of aromatic nitrogens is 2. The number of fused-ring (bicyclic) bond motifs is 1. The average Bonchev–Trinajstić information content (AvgIpc) is 3.31. The topological polar surface area (TPSA) is 96.5 Å². The molecule has 0 spiro atoms. The third kappa shape index (κ3) is 5.13. The Morgan fingerprint density at radius 2 is 1.91 bits per heavy atom. The molecule has 4 aromatic rings. The van der Waals surface area contributed by atoms with E-state index in [1.54, 1.807) is 54.9 Å². The third-order valence-corrected chi connectivity index (χ3v) is 6.55. The fourth-order valence-electron chi connectivity index (χ4n) is 4.17. The number of carbonyl (C=O) groups excluding carboxylic acids is 1. The van der Waals surface area contributed by atoms with Gasteiger partial charge >= 0.3 is 0 Å². The van der Waals surface area contributed by atoms with E-state index in [0.717, 1.165) is 18.5 Å². The Morgan fingerprint density at radius 3 is 2.63 bits per heavy atom. The van der Waals surface area contributed by atoms with Crippen LogP contribution in [0, 0.1) is 0 Å². The van der Waals surface area contributed by atoms with Gasteiger partial charge in [0, 0.05) is 40.8 Å². The van der Waals surface area contributed by atoms with E-state index in [4.69, 9.17) is 32.7 Å². The Bertz CT molecular complexity index is 1350. The van der Waals surface area contributed by atoms with E-state index in [2.05, 4.69) is 15.3 Å². The van der Waals surface area contributed by atoms with E-state index in [-0.39, 0.29) is 29.6 Å². The molecule has 0 bridgehead atoms. The number of nitrogens with zero attached hydrogens (tertiary/aromatic N) is 1.